The Labute approximate surface area is 178 Å². The number of carbonyl (C=O) groups excluding carboxylic acids is 1. The maximum atomic E-state index is 12.8. The highest BCUT2D eigenvalue weighted by atomic mass is 16.5. The second kappa shape index (κ2) is 9.75. The summed E-state index contributed by atoms with van der Waals surface area (Å²) >= 11 is 0. The van der Waals surface area contributed by atoms with Crippen LogP contribution in [0, 0.1) is 0 Å². The lowest BCUT2D eigenvalue weighted by atomic mass is 10.2. The van der Waals surface area contributed by atoms with Crippen LogP contribution in [-0.4, -0.2) is 91.2 Å². The Balaban J connectivity index is 1.24. The molecule has 0 atom stereocenters. The zero-order chi connectivity index (χ0) is 20.8. The van der Waals surface area contributed by atoms with Crippen LogP contribution in [0.1, 0.15) is 6.92 Å². The number of anilines is 2. The highest BCUT2D eigenvalue weighted by molar-refractivity contribution is 5.78. The van der Waals surface area contributed by atoms with E-state index < -0.39 is 0 Å². The average Bonchev–Trinajstić information content (AvgIpc) is 2.81. The Morgan fingerprint density at radius 1 is 0.900 bits per heavy atom. The SMILES string of the molecule is CCOc1ccccc1N1CCN(CC(=O)N2CCN(c3ncccn3)CC2)CC1. The fourth-order valence-corrected chi connectivity index (χ4v) is 4.04. The van der Waals surface area contributed by atoms with E-state index in [4.69, 9.17) is 4.74 Å². The first-order valence-corrected chi connectivity index (χ1v) is 10.7. The van der Waals surface area contributed by atoms with Crippen LogP contribution in [0.15, 0.2) is 42.7 Å². The van der Waals surface area contributed by atoms with Gasteiger partial charge in [-0.25, -0.2) is 9.97 Å². The Morgan fingerprint density at radius 2 is 1.57 bits per heavy atom. The first kappa shape index (κ1) is 20.4. The van der Waals surface area contributed by atoms with Crippen molar-refractivity contribution in [2.45, 2.75) is 6.92 Å². The molecule has 1 aromatic heterocycles. The molecular weight excluding hydrogens is 380 g/mol. The zero-order valence-corrected chi connectivity index (χ0v) is 17.6. The first-order valence-electron chi connectivity index (χ1n) is 10.7. The Bertz CT molecular complexity index is 817. The summed E-state index contributed by atoms with van der Waals surface area (Å²) in [6.07, 6.45) is 3.51. The van der Waals surface area contributed by atoms with Crippen molar-refractivity contribution in [3.8, 4) is 5.75 Å². The third kappa shape index (κ3) is 4.81. The first-order chi connectivity index (χ1) is 14.7. The van der Waals surface area contributed by atoms with Crippen molar-refractivity contribution >= 4 is 17.5 Å². The molecule has 8 nitrogen and oxygen atoms in total. The van der Waals surface area contributed by atoms with E-state index in [1.54, 1.807) is 12.4 Å². The molecule has 1 aromatic carbocycles. The molecule has 0 N–H and O–H groups in total. The van der Waals surface area contributed by atoms with Gasteiger partial charge in [0.2, 0.25) is 11.9 Å². The third-order valence-electron chi connectivity index (χ3n) is 5.70. The van der Waals surface area contributed by atoms with Gasteiger partial charge >= 0.3 is 0 Å². The van der Waals surface area contributed by atoms with Gasteiger partial charge in [-0.2, -0.15) is 0 Å². The molecule has 1 amide bonds. The van der Waals surface area contributed by atoms with Crippen molar-refractivity contribution in [1.29, 1.82) is 0 Å². The van der Waals surface area contributed by atoms with Crippen molar-refractivity contribution in [3.63, 3.8) is 0 Å². The van der Waals surface area contributed by atoms with Crippen LogP contribution in [0.4, 0.5) is 11.6 Å². The summed E-state index contributed by atoms with van der Waals surface area (Å²) in [5, 5.41) is 0. The Morgan fingerprint density at radius 3 is 2.27 bits per heavy atom. The summed E-state index contributed by atoms with van der Waals surface area (Å²) in [7, 11) is 0. The number of carbonyl (C=O) groups is 1. The molecule has 2 aliphatic heterocycles. The lowest BCUT2D eigenvalue weighted by molar-refractivity contribution is -0.132. The van der Waals surface area contributed by atoms with E-state index in [-0.39, 0.29) is 5.91 Å². The molecule has 160 valence electrons. The molecule has 2 aliphatic rings. The van der Waals surface area contributed by atoms with Gasteiger partial charge in [0.15, 0.2) is 0 Å². The Kier molecular flexibility index (Phi) is 6.63. The fourth-order valence-electron chi connectivity index (χ4n) is 4.04. The number of aromatic nitrogens is 2. The lowest BCUT2D eigenvalue weighted by Gasteiger charge is -2.38. The summed E-state index contributed by atoms with van der Waals surface area (Å²) in [6, 6.07) is 10.0. The molecule has 0 radical (unpaired) electrons. The molecule has 0 unspecified atom stereocenters. The lowest BCUT2D eigenvalue weighted by Crippen LogP contribution is -2.54. The van der Waals surface area contributed by atoms with Crippen LogP contribution in [-0.2, 0) is 4.79 Å². The average molecular weight is 411 g/mol. The highest BCUT2D eigenvalue weighted by Gasteiger charge is 2.26. The smallest absolute Gasteiger partial charge is 0.236 e. The maximum Gasteiger partial charge on any atom is 0.236 e. The van der Waals surface area contributed by atoms with Crippen molar-refractivity contribution in [2.24, 2.45) is 0 Å². The van der Waals surface area contributed by atoms with E-state index in [0.29, 0.717) is 13.2 Å². The molecule has 4 rings (SSSR count). The van der Waals surface area contributed by atoms with Crippen LogP contribution in [0.25, 0.3) is 0 Å². The predicted octanol–water partition coefficient (Wildman–Crippen LogP) is 1.35. The molecule has 2 aromatic rings. The second-order valence-corrected chi connectivity index (χ2v) is 7.58. The van der Waals surface area contributed by atoms with E-state index in [1.165, 1.54) is 0 Å². The van der Waals surface area contributed by atoms with Crippen molar-refractivity contribution < 1.29 is 9.53 Å². The van der Waals surface area contributed by atoms with Gasteiger partial charge in [0.05, 0.1) is 18.8 Å². The van der Waals surface area contributed by atoms with Gasteiger partial charge in [-0.3, -0.25) is 9.69 Å². The predicted molar refractivity (Wildman–Crippen MR) is 117 cm³/mol. The largest absolute Gasteiger partial charge is 0.492 e. The van der Waals surface area contributed by atoms with Crippen LogP contribution in [0.2, 0.25) is 0 Å². The number of para-hydroxylation sites is 2. The molecule has 0 aliphatic carbocycles. The number of hydrogen-bond donors (Lipinski definition) is 0. The summed E-state index contributed by atoms with van der Waals surface area (Å²) < 4.78 is 5.77. The number of ether oxygens (including phenoxy) is 1. The highest BCUT2D eigenvalue weighted by Crippen LogP contribution is 2.28. The quantitative estimate of drug-likeness (QED) is 0.712. The normalized spacial score (nSPS) is 17.8. The van der Waals surface area contributed by atoms with Gasteiger partial charge in [0.25, 0.3) is 0 Å². The molecule has 30 heavy (non-hydrogen) atoms. The van der Waals surface area contributed by atoms with Gasteiger partial charge in [0, 0.05) is 64.8 Å². The monoisotopic (exact) mass is 410 g/mol. The van der Waals surface area contributed by atoms with Crippen LogP contribution in [0.3, 0.4) is 0 Å². The van der Waals surface area contributed by atoms with Crippen molar-refractivity contribution in [3.05, 3.63) is 42.7 Å². The van der Waals surface area contributed by atoms with E-state index >= 15 is 0 Å². The van der Waals surface area contributed by atoms with E-state index in [1.807, 2.05) is 36.1 Å². The number of hydrogen-bond acceptors (Lipinski definition) is 7. The van der Waals surface area contributed by atoms with Gasteiger partial charge < -0.3 is 19.4 Å². The minimum atomic E-state index is 0.215. The number of benzene rings is 1. The third-order valence-corrected chi connectivity index (χ3v) is 5.70. The molecule has 0 bridgehead atoms. The van der Waals surface area contributed by atoms with Crippen LogP contribution < -0.4 is 14.5 Å². The summed E-state index contributed by atoms with van der Waals surface area (Å²) in [5.41, 5.74) is 1.14. The fraction of sp³-hybridized carbons (Fsp3) is 0.500. The van der Waals surface area contributed by atoms with Crippen LogP contribution in [0.5, 0.6) is 5.75 Å². The second-order valence-electron chi connectivity index (χ2n) is 7.58. The summed E-state index contributed by atoms with van der Waals surface area (Å²) in [6.45, 7) is 9.71. The number of piperazine rings is 2. The molecule has 2 saturated heterocycles. The zero-order valence-electron chi connectivity index (χ0n) is 17.6. The molecule has 0 saturated carbocycles. The number of amides is 1. The topological polar surface area (TPSA) is 65.0 Å². The molecule has 2 fully saturated rings. The minimum Gasteiger partial charge on any atom is -0.492 e. The molecule has 0 spiro atoms. The summed E-state index contributed by atoms with van der Waals surface area (Å²) in [5.74, 6) is 1.89. The van der Waals surface area contributed by atoms with E-state index in [2.05, 4.69) is 30.7 Å². The maximum absolute atomic E-state index is 12.8. The minimum absolute atomic E-state index is 0.215. The number of rotatable bonds is 6. The molecule has 8 heteroatoms. The van der Waals surface area contributed by atoms with Crippen molar-refractivity contribution in [2.75, 3.05) is 75.3 Å². The standard InChI is InChI=1S/C22H30N6O2/c1-2-30-20-7-4-3-6-19(20)26-12-10-25(11-13-26)18-21(29)27-14-16-28(17-15-27)22-23-8-5-9-24-22/h3-9H,2,10-18H2,1H3. The van der Waals surface area contributed by atoms with Gasteiger partial charge in [-0.15, -0.1) is 0 Å². The molecular formula is C22H30N6O2. The van der Waals surface area contributed by atoms with Gasteiger partial charge in [-0.1, -0.05) is 12.1 Å². The Hall–Kier alpha value is -2.87. The number of nitrogens with zero attached hydrogens (tertiary/aromatic N) is 6. The van der Waals surface area contributed by atoms with Gasteiger partial charge in [-0.05, 0) is 25.1 Å². The van der Waals surface area contributed by atoms with E-state index in [0.717, 1.165) is 69.7 Å². The summed E-state index contributed by atoms with van der Waals surface area (Å²) in [4.78, 5) is 30.1. The van der Waals surface area contributed by atoms with Gasteiger partial charge in [0.1, 0.15) is 5.75 Å². The van der Waals surface area contributed by atoms with E-state index in [9.17, 15) is 4.79 Å². The molecule has 3 heterocycles. The van der Waals surface area contributed by atoms with Crippen molar-refractivity contribution in [1.82, 2.24) is 19.8 Å². The van der Waals surface area contributed by atoms with Crippen LogP contribution >= 0.6 is 0 Å².